The zero-order valence-corrected chi connectivity index (χ0v) is 14.2. The summed E-state index contributed by atoms with van der Waals surface area (Å²) in [6.45, 7) is 0.173. The van der Waals surface area contributed by atoms with E-state index in [-0.39, 0.29) is 29.2 Å². The second kappa shape index (κ2) is 7.12. The molecular weight excluding hydrogens is 365 g/mol. The fourth-order valence-electron chi connectivity index (χ4n) is 2.30. The highest BCUT2D eigenvalue weighted by Gasteiger charge is 2.30. The van der Waals surface area contributed by atoms with Gasteiger partial charge in [0.25, 0.3) is 10.0 Å². The SMILES string of the molecule is O=C(O[C@@H]1CCOC1=O)c1cccc(S(=O)(=O)Nc2ccc(F)cc2)c1. The Bertz CT molecular complexity index is 942. The molecule has 9 heteroatoms. The summed E-state index contributed by atoms with van der Waals surface area (Å²) in [5.74, 6) is -1.95. The largest absolute Gasteiger partial charge is 0.463 e. The van der Waals surface area contributed by atoms with Gasteiger partial charge in [-0.15, -0.1) is 0 Å². The van der Waals surface area contributed by atoms with Gasteiger partial charge in [0.2, 0.25) is 6.10 Å². The molecule has 1 fully saturated rings. The minimum atomic E-state index is -3.99. The molecule has 0 spiro atoms. The van der Waals surface area contributed by atoms with Crippen molar-refractivity contribution >= 4 is 27.6 Å². The van der Waals surface area contributed by atoms with Crippen LogP contribution in [-0.4, -0.2) is 33.1 Å². The zero-order chi connectivity index (χ0) is 18.7. The molecule has 1 aliphatic heterocycles. The van der Waals surface area contributed by atoms with E-state index in [2.05, 4.69) is 4.72 Å². The number of ether oxygens (including phenoxy) is 2. The first-order valence-electron chi connectivity index (χ1n) is 7.61. The standard InChI is InChI=1S/C17H14FNO6S/c18-12-4-6-13(7-5-12)19-26(22,23)14-3-1-2-11(10-14)16(20)25-15-8-9-24-17(15)21/h1-7,10,15,19H,8-9H2/t15-/m1/s1. The summed E-state index contributed by atoms with van der Waals surface area (Å²) in [4.78, 5) is 23.3. The molecule has 0 amide bonds. The summed E-state index contributed by atoms with van der Waals surface area (Å²) in [5, 5.41) is 0. The smallest absolute Gasteiger partial charge is 0.347 e. The van der Waals surface area contributed by atoms with Gasteiger partial charge in [-0.1, -0.05) is 6.07 Å². The van der Waals surface area contributed by atoms with Crippen LogP contribution in [0.3, 0.4) is 0 Å². The van der Waals surface area contributed by atoms with Crippen LogP contribution in [0.25, 0.3) is 0 Å². The van der Waals surface area contributed by atoms with Crippen LogP contribution in [0.4, 0.5) is 10.1 Å². The van der Waals surface area contributed by atoms with E-state index in [1.807, 2.05) is 0 Å². The number of hydrogen-bond acceptors (Lipinski definition) is 6. The Morgan fingerprint density at radius 2 is 1.92 bits per heavy atom. The summed E-state index contributed by atoms with van der Waals surface area (Å²) in [7, 11) is -3.99. The summed E-state index contributed by atoms with van der Waals surface area (Å²) < 4.78 is 49.8. The van der Waals surface area contributed by atoms with Crippen LogP contribution in [0.1, 0.15) is 16.8 Å². The van der Waals surface area contributed by atoms with Crippen molar-refractivity contribution in [1.29, 1.82) is 0 Å². The van der Waals surface area contributed by atoms with Gasteiger partial charge in [-0.2, -0.15) is 0 Å². The molecule has 0 aromatic heterocycles. The van der Waals surface area contributed by atoms with E-state index in [1.165, 1.54) is 30.3 Å². The number of anilines is 1. The molecule has 1 aliphatic rings. The number of carbonyl (C=O) groups is 2. The first-order valence-corrected chi connectivity index (χ1v) is 9.09. The lowest BCUT2D eigenvalue weighted by Crippen LogP contribution is -2.23. The van der Waals surface area contributed by atoms with Gasteiger partial charge in [0.1, 0.15) is 5.82 Å². The fourth-order valence-corrected chi connectivity index (χ4v) is 3.41. The molecule has 1 N–H and O–H groups in total. The molecule has 0 radical (unpaired) electrons. The van der Waals surface area contributed by atoms with E-state index in [1.54, 1.807) is 0 Å². The van der Waals surface area contributed by atoms with E-state index < -0.39 is 33.9 Å². The van der Waals surface area contributed by atoms with E-state index in [4.69, 9.17) is 9.47 Å². The molecule has 3 rings (SSSR count). The van der Waals surface area contributed by atoms with Crippen molar-refractivity contribution in [3.8, 4) is 0 Å². The Morgan fingerprint density at radius 1 is 1.19 bits per heavy atom. The van der Waals surface area contributed by atoms with E-state index in [0.717, 1.165) is 18.2 Å². The zero-order valence-electron chi connectivity index (χ0n) is 13.3. The van der Waals surface area contributed by atoms with Crippen LogP contribution in [0.5, 0.6) is 0 Å². The van der Waals surface area contributed by atoms with Crippen molar-refractivity contribution in [1.82, 2.24) is 0 Å². The van der Waals surface area contributed by atoms with Gasteiger partial charge < -0.3 is 9.47 Å². The summed E-state index contributed by atoms with van der Waals surface area (Å²) >= 11 is 0. The summed E-state index contributed by atoms with van der Waals surface area (Å²) in [6, 6.07) is 9.97. The number of sulfonamides is 1. The van der Waals surface area contributed by atoms with Crippen molar-refractivity contribution in [2.45, 2.75) is 17.4 Å². The van der Waals surface area contributed by atoms with Gasteiger partial charge in [-0.25, -0.2) is 22.4 Å². The third kappa shape index (κ3) is 3.99. The van der Waals surface area contributed by atoms with Gasteiger partial charge in [0.05, 0.1) is 17.1 Å². The molecule has 2 aromatic rings. The number of benzene rings is 2. The summed E-state index contributed by atoms with van der Waals surface area (Å²) in [6.07, 6.45) is -0.727. The van der Waals surface area contributed by atoms with E-state index in [0.29, 0.717) is 0 Å². The van der Waals surface area contributed by atoms with Crippen LogP contribution in [-0.2, 0) is 24.3 Å². The normalized spacial score (nSPS) is 16.8. The Kier molecular flexibility index (Phi) is 4.90. The highest BCUT2D eigenvalue weighted by atomic mass is 32.2. The number of esters is 2. The maximum Gasteiger partial charge on any atom is 0.347 e. The predicted molar refractivity (Wildman–Crippen MR) is 88.4 cm³/mol. The molecule has 2 aromatic carbocycles. The average Bonchev–Trinajstić information content (AvgIpc) is 3.02. The number of hydrogen-bond donors (Lipinski definition) is 1. The van der Waals surface area contributed by atoms with Crippen molar-refractivity contribution in [2.75, 3.05) is 11.3 Å². The van der Waals surface area contributed by atoms with E-state index >= 15 is 0 Å². The number of rotatable bonds is 5. The van der Waals surface area contributed by atoms with E-state index in [9.17, 15) is 22.4 Å². The van der Waals surface area contributed by atoms with Crippen LogP contribution < -0.4 is 4.72 Å². The highest BCUT2D eigenvalue weighted by Crippen LogP contribution is 2.19. The number of nitrogens with one attached hydrogen (secondary N) is 1. The lowest BCUT2D eigenvalue weighted by atomic mass is 10.2. The maximum atomic E-state index is 12.9. The minimum Gasteiger partial charge on any atom is -0.463 e. The minimum absolute atomic E-state index is 0.0216. The van der Waals surface area contributed by atoms with Gasteiger partial charge in [-0.05, 0) is 42.5 Å². The van der Waals surface area contributed by atoms with Crippen LogP contribution in [0.2, 0.25) is 0 Å². The molecule has 0 saturated carbocycles. The molecule has 26 heavy (non-hydrogen) atoms. The topological polar surface area (TPSA) is 98.8 Å². The molecule has 0 bridgehead atoms. The molecule has 0 aliphatic carbocycles. The monoisotopic (exact) mass is 379 g/mol. The maximum absolute atomic E-state index is 12.9. The Hall–Kier alpha value is -2.94. The van der Waals surface area contributed by atoms with Gasteiger partial charge in [0, 0.05) is 12.1 Å². The van der Waals surface area contributed by atoms with Gasteiger partial charge >= 0.3 is 11.9 Å². The number of carbonyl (C=O) groups excluding carboxylic acids is 2. The second-order valence-corrected chi connectivity index (χ2v) is 7.17. The number of cyclic esters (lactones) is 1. The molecular formula is C17H14FNO6S. The lowest BCUT2D eigenvalue weighted by Gasteiger charge is -2.11. The second-order valence-electron chi connectivity index (χ2n) is 5.49. The molecule has 1 heterocycles. The molecule has 136 valence electrons. The average molecular weight is 379 g/mol. The molecule has 0 unspecified atom stereocenters. The summed E-state index contributed by atoms with van der Waals surface area (Å²) in [5.41, 5.74) is 0.153. The predicted octanol–water partition coefficient (Wildman–Crippen LogP) is 2.10. The number of halogens is 1. The first-order chi connectivity index (χ1) is 12.3. The lowest BCUT2D eigenvalue weighted by molar-refractivity contribution is -0.145. The van der Waals surface area contributed by atoms with Crippen molar-refractivity contribution in [2.24, 2.45) is 0 Å². The molecule has 1 saturated heterocycles. The van der Waals surface area contributed by atoms with Crippen molar-refractivity contribution in [3.63, 3.8) is 0 Å². The first kappa shape index (κ1) is 17.9. The van der Waals surface area contributed by atoms with Crippen LogP contribution >= 0.6 is 0 Å². The van der Waals surface area contributed by atoms with Crippen LogP contribution in [0.15, 0.2) is 53.4 Å². The highest BCUT2D eigenvalue weighted by molar-refractivity contribution is 7.92. The van der Waals surface area contributed by atoms with Gasteiger partial charge in [0.15, 0.2) is 0 Å². The third-order valence-electron chi connectivity index (χ3n) is 3.61. The Labute approximate surface area is 148 Å². The molecule has 7 nitrogen and oxygen atoms in total. The van der Waals surface area contributed by atoms with Crippen molar-refractivity contribution in [3.05, 3.63) is 59.9 Å². The quantitative estimate of drug-likeness (QED) is 0.799. The third-order valence-corrected chi connectivity index (χ3v) is 4.99. The Morgan fingerprint density at radius 3 is 2.58 bits per heavy atom. The fraction of sp³-hybridized carbons (Fsp3) is 0.176. The molecule has 1 atom stereocenters. The Balaban J connectivity index is 1.78. The van der Waals surface area contributed by atoms with Crippen molar-refractivity contribution < 1.29 is 31.9 Å². The van der Waals surface area contributed by atoms with Crippen LogP contribution in [0, 0.1) is 5.82 Å². The van der Waals surface area contributed by atoms with Gasteiger partial charge in [-0.3, -0.25) is 4.72 Å².